The van der Waals surface area contributed by atoms with Crippen LogP contribution in [0.1, 0.15) is 18.4 Å². The largest absolute Gasteiger partial charge is 0.496 e. The Morgan fingerprint density at radius 3 is 2.56 bits per heavy atom. The van der Waals surface area contributed by atoms with E-state index in [9.17, 15) is 8.42 Å². The van der Waals surface area contributed by atoms with Crippen LogP contribution in [-0.4, -0.2) is 32.2 Å². The monoisotopic (exact) mass is 387 g/mol. The lowest BCUT2D eigenvalue weighted by atomic mass is 10.2. The van der Waals surface area contributed by atoms with E-state index in [4.69, 9.17) is 9.26 Å². The van der Waals surface area contributed by atoms with Crippen LogP contribution in [0, 0.1) is 0 Å². The summed E-state index contributed by atoms with van der Waals surface area (Å²) in [6.07, 6.45) is 1.15. The highest BCUT2D eigenvalue weighted by Gasteiger charge is 2.16. The number of aryl methyl sites for hydroxylation is 1. The minimum absolute atomic E-state index is 0.158. The molecule has 142 valence electrons. The zero-order chi connectivity index (χ0) is 19.3. The fourth-order valence-corrected chi connectivity index (χ4v) is 3.61. The van der Waals surface area contributed by atoms with E-state index >= 15 is 0 Å². The van der Waals surface area contributed by atoms with Crippen molar-refractivity contribution in [3.8, 4) is 17.1 Å². The van der Waals surface area contributed by atoms with Crippen LogP contribution >= 0.6 is 0 Å². The van der Waals surface area contributed by atoms with Gasteiger partial charge >= 0.3 is 0 Å². The lowest BCUT2D eigenvalue weighted by Gasteiger charge is -2.06. The molecule has 0 fully saturated rings. The van der Waals surface area contributed by atoms with Gasteiger partial charge in [-0.3, -0.25) is 0 Å². The van der Waals surface area contributed by atoms with Crippen LogP contribution in [0.15, 0.2) is 57.9 Å². The number of nitrogens with zero attached hydrogens (tertiary/aromatic N) is 2. The Balaban J connectivity index is 1.63. The molecule has 1 aromatic heterocycles. The molecule has 27 heavy (non-hydrogen) atoms. The topological polar surface area (TPSA) is 94.3 Å². The Hall–Kier alpha value is -2.71. The molecular formula is C19H21N3O4S. The Bertz CT molecular complexity index is 998. The number of benzene rings is 2. The van der Waals surface area contributed by atoms with Crippen LogP contribution in [0.25, 0.3) is 11.4 Å². The highest BCUT2D eigenvalue weighted by atomic mass is 32.2. The van der Waals surface area contributed by atoms with Gasteiger partial charge in [0.2, 0.25) is 21.7 Å². The summed E-state index contributed by atoms with van der Waals surface area (Å²) in [5, 5.41) is 3.94. The number of methoxy groups -OCH3 is 1. The SMILES string of the molecule is CCc1ccc(S(=O)(=O)NCCc2nc(-c3ccccc3OC)no2)cc1. The van der Waals surface area contributed by atoms with Gasteiger partial charge < -0.3 is 9.26 Å². The first-order valence-corrected chi connectivity index (χ1v) is 10.1. The molecule has 0 spiro atoms. The molecule has 0 unspecified atom stereocenters. The maximum atomic E-state index is 12.3. The average molecular weight is 387 g/mol. The summed E-state index contributed by atoms with van der Waals surface area (Å²) in [7, 11) is -2.00. The third-order valence-corrected chi connectivity index (χ3v) is 5.57. The molecule has 7 nitrogen and oxygen atoms in total. The van der Waals surface area contributed by atoms with Gasteiger partial charge in [-0.25, -0.2) is 13.1 Å². The molecule has 0 atom stereocenters. The van der Waals surface area contributed by atoms with Crippen LogP contribution in [0.4, 0.5) is 0 Å². The molecule has 0 amide bonds. The van der Waals surface area contributed by atoms with Gasteiger partial charge in [0.15, 0.2) is 0 Å². The predicted molar refractivity (Wildman–Crippen MR) is 101 cm³/mol. The van der Waals surface area contributed by atoms with Crippen molar-refractivity contribution >= 4 is 10.0 Å². The van der Waals surface area contributed by atoms with Crippen LogP contribution in [0.5, 0.6) is 5.75 Å². The first-order valence-electron chi connectivity index (χ1n) is 8.58. The average Bonchev–Trinajstić information content (AvgIpc) is 3.16. The Morgan fingerprint density at radius 2 is 1.85 bits per heavy atom. The highest BCUT2D eigenvalue weighted by molar-refractivity contribution is 7.89. The number of nitrogens with one attached hydrogen (secondary N) is 1. The normalized spacial score (nSPS) is 11.5. The van der Waals surface area contributed by atoms with Gasteiger partial charge in [0.05, 0.1) is 17.6 Å². The van der Waals surface area contributed by atoms with Crippen molar-refractivity contribution in [2.75, 3.05) is 13.7 Å². The van der Waals surface area contributed by atoms with Gasteiger partial charge in [-0.2, -0.15) is 4.98 Å². The number of hydrogen-bond donors (Lipinski definition) is 1. The summed E-state index contributed by atoms with van der Waals surface area (Å²) in [5.41, 5.74) is 1.80. The molecule has 8 heteroatoms. The second-order valence-electron chi connectivity index (χ2n) is 5.86. The van der Waals surface area contributed by atoms with Crippen molar-refractivity contribution in [2.45, 2.75) is 24.7 Å². The van der Waals surface area contributed by atoms with Gasteiger partial charge in [-0.1, -0.05) is 36.3 Å². The first kappa shape index (κ1) is 19.1. The molecule has 0 radical (unpaired) electrons. The van der Waals surface area contributed by atoms with Crippen LogP contribution in [0.3, 0.4) is 0 Å². The first-order chi connectivity index (χ1) is 13.0. The second-order valence-corrected chi connectivity index (χ2v) is 7.62. The molecule has 0 aliphatic rings. The molecular weight excluding hydrogens is 366 g/mol. The van der Waals surface area contributed by atoms with E-state index in [0.717, 1.165) is 12.0 Å². The van der Waals surface area contributed by atoms with E-state index < -0.39 is 10.0 Å². The number of sulfonamides is 1. The number of ether oxygens (including phenoxy) is 1. The van der Waals surface area contributed by atoms with E-state index in [1.807, 2.05) is 43.3 Å². The maximum Gasteiger partial charge on any atom is 0.240 e. The molecule has 0 aliphatic heterocycles. The molecule has 0 saturated carbocycles. The van der Waals surface area contributed by atoms with Gasteiger partial charge in [0, 0.05) is 13.0 Å². The lowest BCUT2D eigenvalue weighted by molar-refractivity contribution is 0.378. The van der Waals surface area contributed by atoms with E-state index in [0.29, 0.717) is 23.0 Å². The molecule has 1 heterocycles. The Kier molecular flexibility index (Phi) is 5.88. The number of aromatic nitrogens is 2. The molecule has 0 bridgehead atoms. The summed E-state index contributed by atoms with van der Waals surface area (Å²) in [5.74, 6) is 1.39. The zero-order valence-corrected chi connectivity index (χ0v) is 16.0. The van der Waals surface area contributed by atoms with Crippen LogP contribution in [-0.2, 0) is 22.9 Å². The molecule has 3 aromatic rings. The van der Waals surface area contributed by atoms with Crippen molar-refractivity contribution in [1.29, 1.82) is 0 Å². The fourth-order valence-electron chi connectivity index (χ4n) is 2.58. The fraction of sp³-hybridized carbons (Fsp3) is 0.263. The van der Waals surface area contributed by atoms with Crippen molar-refractivity contribution in [3.63, 3.8) is 0 Å². The van der Waals surface area contributed by atoms with Gasteiger partial charge in [0.1, 0.15) is 5.75 Å². The minimum Gasteiger partial charge on any atom is -0.496 e. The van der Waals surface area contributed by atoms with E-state index in [1.165, 1.54) is 0 Å². The van der Waals surface area contributed by atoms with E-state index in [1.54, 1.807) is 19.2 Å². The summed E-state index contributed by atoms with van der Waals surface area (Å²) >= 11 is 0. The quantitative estimate of drug-likeness (QED) is 0.639. The summed E-state index contributed by atoms with van der Waals surface area (Å²) in [4.78, 5) is 4.55. The van der Waals surface area contributed by atoms with Crippen molar-refractivity contribution in [2.24, 2.45) is 0 Å². The molecule has 0 aliphatic carbocycles. The summed E-state index contributed by atoms with van der Waals surface area (Å²) < 4.78 is 37.7. The smallest absolute Gasteiger partial charge is 0.240 e. The van der Waals surface area contributed by atoms with Crippen molar-refractivity contribution in [1.82, 2.24) is 14.9 Å². The predicted octanol–water partition coefficient (Wildman–Crippen LogP) is 2.83. The highest BCUT2D eigenvalue weighted by Crippen LogP contribution is 2.27. The molecule has 0 saturated heterocycles. The van der Waals surface area contributed by atoms with Crippen LogP contribution in [0.2, 0.25) is 0 Å². The van der Waals surface area contributed by atoms with E-state index in [-0.39, 0.29) is 17.9 Å². The van der Waals surface area contributed by atoms with Crippen molar-refractivity contribution in [3.05, 3.63) is 60.0 Å². The third kappa shape index (κ3) is 4.53. The second kappa shape index (κ2) is 8.32. The maximum absolute atomic E-state index is 12.3. The summed E-state index contributed by atoms with van der Waals surface area (Å²) in [6.45, 7) is 2.18. The van der Waals surface area contributed by atoms with Gasteiger partial charge in [-0.15, -0.1) is 0 Å². The van der Waals surface area contributed by atoms with Gasteiger partial charge in [0.25, 0.3) is 0 Å². The zero-order valence-electron chi connectivity index (χ0n) is 15.2. The standard InChI is InChI=1S/C19H21N3O4S/c1-3-14-8-10-15(11-9-14)27(23,24)20-13-12-18-21-19(22-26-18)16-6-4-5-7-17(16)25-2/h4-11,20H,3,12-13H2,1-2H3. The molecule has 3 rings (SSSR count). The lowest BCUT2D eigenvalue weighted by Crippen LogP contribution is -2.26. The number of rotatable bonds is 8. The van der Waals surface area contributed by atoms with Gasteiger partial charge in [-0.05, 0) is 36.2 Å². The van der Waals surface area contributed by atoms with Crippen LogP contribution < -0.4 is 9.46 Å². The molecule has 2 aromatic carbocycles. The summed E-state index contributed by atoms with van der Waals surface area (Å²) in [6, 6.07) is 14.2. The van der Waals surface area contributed by atoms with Crippen molar-refractivity contribution < 1.29 is 17.7 Å². The minimum atomic E-state index is -3.57. The number of hydrogen-bond acceptors (Lipinski definition) is 6. The Morgan fingerprint density at radius 1 is 1.11 bits per heavy atom. The van der Waals surface area contributed by atoms with E-state index in [2.05, 4.69) is 14.9 Å². The number of para-hydroxylation sites is 1. The third-order valence-electron chi connectivity index (χ3n) is 4.09. The Labute approximate surface area is 158 Å². The molecule has 1 N–H and O–H groups in total.